The summed E-state index contributed by atoms with van der Waals surface area (Å²) in [5.74, 6) is 0.880. The van der Waals surface area contributed by atoms with Gasteiger partial charge in [0.15, 0.2) is 17.1 Å². The highest BCUT2D eigenvalue weighted by atomic mass is 16.6. The van der Waals surface area contributed by atoms with Crippen molar-refractivity contribution in [1.82, 2.24) is 14.8 Å². The highest BCUT2D eigenvalue weighted by Gasteiger charge is 2.50. The van der Waals surface area contributed by atoms with E-state index >= 15 is 0 Å². The number of rotatable bonds is 7. The molecule has 2 aromatic carbocycles. The molecule has 5 rings (SSSR count). The molecule has 2 aliphatic heterocycles. The van der Waals surface area contributed by atoms with Gasteiger partial charge in [-0.2, -0.15) is 0 Å². The van der Waals surface area contributed by atoms with Crippen molar-refractivity contribution < 1.29 is 23.8 Å². The van der Waals surface area contributed by atoms with E-state index in [-0.39, 0.29) is 12.0 Å². The van der Waals surface area contributed by atoms with Crippen LogP contribution in [-0.2, 0) is 17.9 Å². The molecule has 0 bridgehead atoms. The fourth-order valence-corrected chi connectivity index (χ4v) is 4.59. The van der Waals surface area contributed by atoms with Crippen LogP contribution in [0.1, 0.15) is 28.0 Å². The number of pyridine rings is 1. The summed E-state index contributed by atoms with van der Waals surface area (Å²) in [6.07, 6.45) is 1.99. The Balaban J connectivity index is 1.23. The lowest BCUT2D eigenvalue weighted by Gasteiger charge is -2.22. The lowest BCUT2D eigenvalue weighted by Crippen LogP contribution is -2.39. The van der Waals surface area contributed by atoms with Crippen LogP contribution in [0.4, 0.5) is 4.79 Å². The Morgan fingerprint density at radius 2 is 1.89 bits per heavy atom. The average Bonchev–Trinajstić information content (AvgIpc) is 3.44. The zero-order chi connectivity index (χ0) is 24.3. The number of amides is 2. The predicted octanol–water partition coefficient (Wildman–Crippen LogP) is 3.91. The zero-order valence-corrected chi connectivity index (χ0v) is 19.6. The predicted molar refractivity (Wildman–Crippen MR) is 128 cm³/mol. The summed E-state index contributed by atoms with van der Waals surface area (Å²) < 4.78 is 17.1. The Morgan fingerprint density at radius 1 is 1.06 bits per heavy atom. The third-order valence-electron chi connectivity index (χ3n) is 6.37. The molecule has 1 aromatic heterocycles. The maximum atomic E-state index is 13.3. The second kappa shape index (κ2) is 9.66. The topological polar surface area (TPSA) is 81.2 Å². The first-order valence-corrected chi connectivity index (χ1v) is 11.6. The van der Waals surface area contributed by atoms with E-state index in [9.17, 15) is 9.59 Å². The van der Waals surface area contributed by atoms with Gasteiger partial charge in [0, 0.05) is 31.3 Å². The van der Waals surface area contributed by atoms with Gasteiger partial charge >= 0.3 is 6.09 Å². The Labute approximate surface area is 204 Å². The molecule has 0 aliphatic carbocycles. The van der Waals surface area contributed by atoms with E-state index in [4.69, 9.17) is 14.2 Å². The van der Waals surface area contributed by atoms with Crippen LogP contribution in [-0.4, -0.2) is 59.1 Å². The van der Waals surface area contributed by atoms with Crippen LogP contribution < -0.4 is 9.47 Å². The molecule has 2 saturated heterocycles. The van der Waals surface area contributed by atoms with Gasteiger partial charge in [-0.25, -0.2) is 4.79 Å². The number of likely N-dealkylation sites (tertiary alicyclic amines) is 1. The molecule has 1 unspecified atom stereocenters. The van der Waals surface area contributed by atoms with Crippen LogP contribution in [0.15, 0.2) is 72.9 Å². The molecule has 3 aromatic rings. The smallest absolute Gasteiger partial charge is 0.410 e. The average molecular weight is 474 g/mol. The highest BCUT2D eigenvalue weighted by Crippen LogP contribution is 2.35. The van der Waals surface area contributed by atoms with Crippen molar-refractivity contribution in [3.05, 3.63) is 89.7 Å². The van der Waals surface area contributed by atoms with Gasteiger partial charge in [-0.3, -0.25) is 14.7 Å². The molecule has 8 nitrogen and oxygen atoms in total. The molecular formula is C27H27N3O5. The first-order valence-electron chi connectivity index (χ1n) is 11.6. The normalized spacial score (nSPS) is 19.2. The van der Waals surface area contributed by atoms with E-state index in [2.05, 4.69) is 4.98 Å². The monoisotopic (exact) mass is 473 g/mol. The van der Waals surface area contributed by atoms with Crippen LogP contribution in [0.5, 0.6) is 11.5 Å². The molecule has 8 heteroatoms. The number of nitrogens with zero attached hydrogens (tertiary/aromatic N) is 3. The lowest BCUT2D eigenvalue weighted by molar-refractivity contribution is 0.0552. The fourth-order valence-electron chi connectivity index (χ4n) is 4.59. The molecule has 3 heterocycles. The number of hydrogen-bond acceptors (Lipinski definition) is 6. The molecule has 2 fully saturated rings. The summed E-state index contributed by atoms with van der Waals surface area (Å²) in [5.41, 5.74) is 1.67. The largest absolute Gasteiger partial charge is 0.493 e. The summed E-state index contributed by atoms with van der Waals surface area (Å²) in [4.78, 5) is 33.5. The van der Waals surface area contributed by atoms with Gasteiger partial charge < -0.3 is 19.1 Å². The molecule has 0 saturated carbocycles. The first kappa shape index (κ1) is 22.7. The molecule has 2 amide bonds. The van der Waals surface area contributed by atoms with E-state index in [0.717, 1.165) is 11.3 Å². The summed E-state index contributed by atoms with van der Waals surface area (Å²) in [5, 5.41) is 0. The minimum atomic E-state index is -0.669. The van der Waals surface area contributed by atoms with E-state index in [1.165, 1.54) is 0 Å². The standard InChI is InChI=1S/C27H27N3O5/c1-33-24-15-21(10-11-23(24)34-17-22-9-5-6-13-28-22)25(31)29-14-12-27(18-29)19-30(26(32)35-27)16-20-7-3-2-4-8-20/h2-11,13,15H,12,14,16-19H2,1H3. The van der Waals surface area contributed by atoms with E-state index in [1.54, 1.807) is 41.3 Å². The molecule has 0 N–H and O–H groups in total. The second-order valence-electron chi connectivity index (χ2n) is 8.84. The fraction of sp³-hybridized carbons (Fsp3) is 0.296. The maximum Gasteiger partial charge on any atom is 0.410 e. The number of hydrogen-bond donors (Lipinski definition) is 0. The lowest BCUT2D eigenvalue weighted by atomic mass is 10.0. The molecule has 1 spiro atoms. The van der Waals surface area contributed by atoms with Crippen molar-refractivity contribution in [2.75, 3.05) is 26.7 Å². The van der Waals surface area contributed by atoms with Crippen molar-refractivity contribution in [2.24, 2.45) is 0 Å². The Bertz CT molecular complexity index is 1200. The molecule has 2 aliphatic rings. The summed E-state index contributed by atoms with van der Waals surface area (Å²) >= 11 is 0. The van der Waals surface area contributed by atoms with Crippen molar-refractivity contribution in [3.63, 3.8) is 0 Å². The number of benzene rings is 2. The Hall–Kier alpha value is -4.07. The van der Waals surface area contributed by atoms with Crippen LogP contribution >= 0.6 is 0 Å². The van der Waals surface area contributed by atoms with Crippen molar-refractivity contribution >= 4 is 12.0 Å². The van der Waals surface area contributed by atoms with E-state index < -0.39 is 5.60 Å². The third kappa shape index (κ3) is 4.91. The molecule has 1 atom stereocenters. The van der Waals surface area contributed by atoms with Crippen LogP contribution in [0.2, 0.25) is 0 Å². The van der Waals surface area contributed by atoms with E-state index in [0.29, 0.717) is 56.3 Å². The van der Waals surface area contributed by atoms with Crippen molar-refractivity contribution in [2.45, 2.75) is 25.2 Å². The second-order valence-corrected chi connectivity index (χ2v) is 8.84. The Kier molecular flexibility index (Phi) is 6.27. The van der Waals surface area contributed by atoms with Crippen LogP contribution in [0, 0.1) is 0 Å². The van der Waals surface area contributed by atoms with Crippen LogP contribution in [0.25, 0.3) is 0 Å². The number of carbonyl (C=O) groups is 2. The summed E-state index contributed by atoms with van der Waals surface area (Å²) in [7, 11) is 1.54. The van der Waals surface area contributed by atoms with Gasteiger partial charge in [0.1, 0.15) is 6.61 Å². The van der Waals surface area contributed by atoms with Gasteiger partial charge in [0.2, 0.25) is 0 Å². The molecule has 35 heavy (non-hydrogen) atoms. The number of methoxy groups -OCH3 is 1. The Morgan fingerprint density at radius 3 is 2.66 bits per heavy atom. The third-order valence-corrected chi connectivity index (χ3v) is 6.37. The van der Waals surface area contributed by atoms with Gasteiger partial charge in [-0.05, 0) is 35.9 Å². The van der Waals surface area contributed by atoms with E-state index in [1.807, 2.05) is 48.5 Å². The van der Waals surface area contributed by atoms with Gasteiger partial charge in [0.25, 0.3) is 5.91 Å². The minimum Gasteiger partial charge on any atom is -0.493 e. The number of aromatic nitrogens is 1. The molecular weight excluding hydrogens is 446 g/mol. The van der Waals surface area contributed by atoms with Gasteiger partial charge in [-0.15, -0.1) is 0 Å². The van der Waals surface area contributed by atoms with Crippen LogP contribution in [0.3, 0.4) is 0 Å². The highest BCUT2D eigenvalue weighted by molar-refractivity contribution is 5.95. The minimum absolute atomic E-state index is 0.131. The van der Waals surface area contributed by atoms with Gasteiger partial charge in [-0.1, -0.05) is 36.4 Å². The first-order chi connectivity index (χ1) is 17.0. The summed E-state index contributed by atoms with van der Waals surface area (Å²) in [6.45, 7) is 2.14. The maximum absolute atomic E-state index is 13.3. The number of carbonyl (C=O) groups excluding carboxylic acids is 2. The van der Waals surface area contributed by atoms with Gasteiger partial charge in [0.05, 0.1) is 25.9 Å². The number of ether oxygens (including phenoxy) is 3. The summed E-state index contributed by atoms with van der Waals surface area (Å²) in [6, 6.07) is 20.6. The zero-order valence-electron chi connectivity index (χ0n) is 19.6. The SMILES string of the molecule is COc1cc(C(=O)N2CCC3(CN(Cc4ccccc4)C(=O)O3)C2)ccc1OCc1ccccn1. The molecule has 180 valence electrons. The molecule has 0 radical (unpaired) electrons. The van der Waals surface area contributed by atoms with Crippen molar-refractivity contribution in [1.29, 1.82) is 0 Å². The van der Waals surface area contributed by atoms with Crippen molar-refractivity contribution in [3.8, 4) is 11.5 Å². The quantitative estimate of drug-likeness (QED) is 0.518.